The number of rotatable bonds is 7. The molecular weight excluding hydrogens is 444 g/mol. The van der Waals surface area contributed by atoms with Gasteiger partial charge in [-0.15, -0.1) is 0 Å². The number of sulfonamides is 1. The third kappa shape index (κ3) is 5.83. The average Bonchev–Trinajstić information content (AvgIpc) is 3.13. The van der Waals surface area contributed by atoms with Gasteiger partial charge in [0.2, 0.25) is 10.0 Å². The van der Waals surface area contributed by atoms with Crippen molar-refractivity contribution >= 4 is 44.9 Å². The fourth-order valence-corrected chi connectivity index (χ4v) is 3.55. The summed E-state index contributed by atoms with van der Waals surface area (Å²) in [5.74, 6) is -0.700. The second-order valence-electron chi connectivity index (χ2n) is 6.45. The van der Waals surface area contributed by atoms with Gasteiger partial charge in [-0.05, 0) is 43.3 Å². The fourth-order valence-electron chi connectivity index (χ4n) is 2.77. The number of esters is 1. The van der Waals surface area contributed by atoms with E-state index in [0.29, 0.717) is 5.82 Å². The number of hydrogen-bond acceptors (Lipinski definition) is 6. The minimum absolute atomic E-state index is 0.135. The predicted octanol–water partition coefficient (Wildman–Crippen LogP) is 3.33. The lowest BCUT2D eigenvalue weighted by molar-refractivity contribution is 0.0517. The van der Waals surface area contributed by atoms with Crippen LogP contribution in [0.3, 0.4) is 0 Å². The van der Waals surface area contributed by atoms with Gasteiger partial charge >= 0.3 is 5.97 Å². The van der Waals surface area contributed by atoms with E-state index < -0.39 is 21.9 Å². The summed E-state index contributed by atoms with van der Waals surface area (Å²) in [6, 6.07) is 10.9. The molecule has 11 heteroatoms. The highest BCUT2D eigenvalue weighted by Crippen LogP contribution is 2.24. The Hall–Kier alpha value is -3.37. The fraction of sp³-hybridized carbons (Fsp3) is 0.150. The van der Waals surface area contributed by atoms with Crippen LogP contribution in [0.2, 0.25) is 5.02 Å². The summed E-state index contributed by atoms with van der Waals surface area (Å²) in [5, 5.41) is 2.87. The van der Waals surface area contributed by atoms with Gasteiger partial charge in [0.1, 0.15) is 11.5 Å². The van der Waals surface area contributed by atoms with Crippen LogP contribution >= 0.6 is 11.6 Å². The maximum atomic E-state index is 12.8. The molecule has 31 heavy (non-hydrogen) atoms. The van der Waals surface area contributed by atoms with Gasteiger partial charge in [-0.2, -0.15) is 0 Å². The lowest BCUT2D eigenvalue weighted by Gasteiger charge is -2.09. The van der Waals surface area contributed by atoms with E-state index in [4.69, 9.17) is 16.3 Å². The van der Waals surface area contributed by atoms with Crippen molar-refractivity contribution in [2.24, 2.45) is 0 Å². The Kier molecular flexibility index (Phi) is 6.62. The van der Waals surface area contributed by atoms with E-state index in [1.807, 2.05) is 0 Å². The summed E-state index contributed by atoms with van der Waals surface area (Å²) in [6.45, 7) is 1.85. The van der Waals surface area contributed by atoms with Crippen LogP contribution in [-0.2, 0) is 14.8 Å². The first kappa shape index (κ1) is 22.3. The molecule has 162 valence electrons. The van der Waals surface area contributed by atoms with E-state index in [1.54, 1.807) is 31.3 Å². The summed E-state index contributed by atoms with van der Waals surface area (Å²) in [6.07, 6.45) is 4.03. The average molecular weight is 463 g/mol. The van der Waals surface area contributed by atoms with Crippen molar-refractivity contribution in [1.82, 2.24) is 9.55 Å². The van der Waals surface area contributed by atoms with E-state index in [0.717, 1.165) is 6.26 Å². The van der Waals surface area contributed by atoms with Crippen LogP contribution in [0, 0.1) is 0 Å². The van der Waals surface area contributed by atoms with E-state index in [1.165, 1.54) is 35.0 Å². The molecule has 1 amide bonds. The molecule has 0 fully saturated rings. The summed E-state index contributed by atoms with van der Waals surface area (Å²) >= 11 is 6.03. The topological polar surface area (TPSA) is 119 Å². The number of amides is 1. The smallest absolute Gasteiger partial charge is 0.355 e. The van der Waals surface area contributed by atoms with Crippen molar-refractivity contribution < 1.29 is 22.7 Å². The van der Waals surface area contributed by atoms with E-state index in [-0.39, 0.29) is 34.3 Å². The number of ether oxygens (including phenoxy) is 1. The van der Waals surface area contributed by atoms with Crippen molar-refractivity contribution in [3.63, 3.8) is 0 Å². The molecule has 0 aliphatic heterocycles. The monoisotopic (exact) mass is 462 g/mol. The van der Waals surface area contributed by atoms with Crippen molar-refractivity contribution in [1.29, 1.82) is 0 Å². The third-order valence-electron chi connectivity index (χ3n) is 3.92. The highest BCUT2D eigenvalue weighted by molar-refractivity contribution is 7.92. The van der Waals surface area contributed by atoms with E-state index in [2.05, 4.69) is 15.0 Å². The van der Waals surface area contributed by atoms with Crippen LogP contribution < -0.4 is 10.0 Å². The Labute approximate surface area is 184 Å². The quantitative estimate of drug-likeness (QED) is 0.520. The third-order valence-corrected chi connectivity index (χ3v) is 4.75. The number of anilines is 2. The van der Waals surface area contributed by atoms with Crippen molar-refractivity contribution in [2.45, 2.75) is 6.92 Å². The molecule has 1 aromatic carbocycles. The van der Waals surface area contributed by atoms with Gasteiger partial charge in [0.15, 0.2) is 0 Å². The SMILES string of the molecule is CCOC(=O)c1cc(C(=O)Nc2cc(Cl)cc(NS(C)(=O)=O)c2)cn1-c1ccccn1. The van der Waals surface area contributed by atoms with Crippen molar-refractivity contribution in [3.05, 3.63) is 71.1 Å². The molecule has 9 nitrogen and oxygen atoms in total. The molecule has 0 saturated heterocycles. The molecule has 2 heterocycles. The molecule has 3 aromatic rings. The molecule has 0 bridgehead atoms. The number of nitrogens with one attached hydrogen (secondary N) is 2. The predicted molar refractivity (Wildman–Crippen MR) is 117 cm³/mol. The molecule has 0 aliphatic rings. The number of carbonyl (C=O) groups excluding carboxylic acids is 2. The highest BCUT2D eigenvalue weighted by atomic mass is 35.5. The summed E-state index contributed by atoms with van der Waals surface area (Å²) in [4.78, 5) is 29.4. The minimum Gasteiger partial charge on any atom is -0.461 e. The van der Waals surface area contributed by atoms with Gasteiger partial charge in [0.25, 0.3) is 5.91 Å². The molecule has 0 radical (unpaired) electrons. The Bertz CT molecular complexity index is 1230. The number of hydrogen-bond donors (Lipinski definition) is 2. The normalized spacial score (nSPS) is 11.1. The molecular formula is C20H19ClN4O5S. The number of benzene rings is 1. The number of pyridine rings is 1. The molecule has 0 unspecified atom stereocenters. The molecule has 0 saturated carbocycles. The largest absolute Gasteiger partial charge is 0.461 e. The Morgan fingerprint density at radius 1 is 1.16 bits per heavy atom. The number of carbonyl (C=O) groups is 2. The standard InChI is InChI=1S/C20H19ClN4O5S/c1-3-30-20(27)17-8-13(12-25(17)18-6-4-5-7-22-18)19(26)23-15-9-14(21)10-16(11-15)24-31(2,28)29/h4-12,24H,3H2,1-2H3,(H,23,26). The van der Waals surface area contributed by atoms with E-state index in [9.17, 15) is 18.0 Å². The maximum Gasteiger partial charge on any atom is 0.355 e. The number of nitrogens with zero attached hydrogens (tertiary/aromatic N) is 2. The zero-order valence-corrected chi connectivity index (χ0v) is 18.2. The Balaban J connectivity index is 1.93. The summed E-state index contributed by atoms with van der Waals surface area (Å²) in [7, 11) is -3.52. The maximum absolute atomic E-state index is 12.8. The van der Waals surface area contributed by atoms with Gasteiger partial charge in [-0.1, -0.05) is 17.7 Å². The minimum atomic E-state index is -3.52. The molecule has 0 spiro atoms. The lowest BCUT2D eigenvalue weighted by Crippen LogP contribution is -2.13. The second kappa shape index (κ2) is 9.19. The van der Waals surface area contributed by atoms with Crippen molar-refractivity contribution in [2.75, 3.05) is 22.9 Å². The van der Waals surface area contributed by atoms with Gasteiger partial charge in [-0.3, -0.25) is 14.1 Å². The molecule has 0 aliphatic carbocycles. The Morgan fingerprint density at radius 3 is 2.55 bits per heavy atom. The highest BCUT2D eigenvalue weighted by Gasteiger charge is 2.20. The van der Waals surface area contributed by atoms with Gasteiger partial charge in [0.05, 0.1) is 24.1 Å². The second-order valence-corrected chi connectivity index (χ2v) is 8.63. The zero-order valence-electron chi connectivity index (χ0n) is 16.6. The van der Waals surface area contributed by atoms with Crippen LogP contribution in [0.15, 0.2) is 54.9 Å². The zero-order chi connectivity index (χ0) is 22.6. The molecule has 2 aromatic heterocycles. The van der Waals surface area contributed by atoms with Crippen LogP contribution in [0.25, 0.3) is 5.82 Å². The first-order chi connectivity index (χ1) is 14.7. The summed E-state index contributed by atoms with van der Waals surface area (Å²) < 4.78 is 31.8. The van der Waals surface area contributed by atoms with Crippen LogP contribution in [0.1, 0.15) is 27.8 Å². The number of aromatic nitrogens is 2. The van der Waals surface area contributed by atoms with Gasteiger partial charge in [0, 0.05) is 23.1 Å². The lowest BCUT2D eigenvalue weighted by atomic mass is 10.2. The Morgan fingerprint density at radius 2 is 1.90 bits per heavy atom. The molecule has 0 atom stereocenters. The van der Waals surface area contributed by atoms with Crippen molar-refractivity contribution in [3.8, 4) is 5.82 Å². The number of halogens is 1. The molecule has 2 N–H and O–H groups in total. The first-order valence-corrected chi connectivity index (χ1v) is 11.3. The van der Waals surface area contributed by atoms with Crippen LogP contribution in [-0.4, -0.2) is 42.7 Å². The van der Waals surface area contributed by atoms with Gasteiger partial charge in [-0.25, -0.2) is 18.2 Å². The van der Waals surface area contributed by atoms with Crippen LogP contribution in [0.5, 0.6) is 0 Å². The van der Waals surface area contributed by atoms with Gasteiger partial charge < -0.3 is 10.1 Å². The molecule has 3 rings (SSSR count). The van der Waals surface area contributed by atoms with E-state index >= 15 is 0 Å². The van der Waals surface area contributed by atoms with Crippen LogP contribution in [0.4, 0.5) is 11.4 Å². The summed E-state index contributed by atoms with van der Waals surface area (Å²) in [5.41, 5.74) is 0.776. The first-order valence-electron chi connectivity index (χ1n) is 9.07.